The minimum Gasteiger partial charge on any atom is -0.455 e. The van der Waals surface area contributed by atoms with Crippen LogP contribution in [-0.4, -0.2) is 9.55 Å². The largest absolute Gasteiger partial charge is 0.455 e. The lowest BCUT2D eigenvalue weighted by atomic mass is 9.98. The molecule has 0 unspecified atom stereocenters. The molecular formula is C44H27FN2O. The Labute approximate surface area is 276 Å². The fraction of sp³-hybridized carbons (Fsp3) is 0.0227. The maximum absolute atomic E-state index is 14.0. The molecule has 0 spiro atoms. The van der Waals surface area contributed by atoms with E-state index >= 15 is 0 Å². The molecule has 226 valence electrons. The van der Waals surface area contributed by atoms with Gasteiger partial charge in [-0.25, -0.2) is 9.37 Å². The first-order valence-corrected chi connectivity index (χ1v) is 16.2. The van der Waals surface area contributed by atoms with Crippen molar-refractivity contribution in [3.8, 4) is 50.5 Å². The van der Waals surface area contributed by atoms with Crippen LogP contribution in [0.3, 0.4) is 0 Å². The SMILES string of the molecule is Fc1ccc2c(c1)-c1ccc(-c3ccc4c(c3)oc3c(-c5nc6ccccc6n5-c5ccccc5-c5ccccc5)cccc34)cc1C2. The molecule has 48 heavy (non-hydrogen) atoms. The molecule has 4 heteroatoms. The van der Waals surface area contributed by atoms with E-state index in [0.29, 0.717) is 0 Å². The summed E-state index contributed by atoms with van der Waals surface area (Å²) in [6.45, 7) is 0. The fourth-order valence-corrected chi connectivity index (χ4v) is 7.48. The highest BCUT2D eigenvalue weighted by Gasteiger charge is 2.22. The number of imidazole rings is 1. The van der Waals surface area contributed by atoms with Crippen LogP contribution >= 0.6 is 0 Å². The molecule has 1 aliphatic carbocycles. The first kappa shape index (κ1) is 26.9. The third kappa shape index (κ3) is 4.09. The van der Waals surface area contributed by atoms with E-state index in [1.165, 1.54) is 11.1 Å². The summed E-state index contributed by atoms with van der Waals surface area (Å²) in [6, 6.07) is 51.6. The van der Waals surface area contributed by atoms with Crippen molar-refractivity contribution in [2.75, 3.05) is 0 Å². The lowest BCUT2D eigenvalue weighted by molar-refractivity contribution is 0.628. The van der Waals surface area contributed by atoms with Crippen molar-refractivity contribution in [2.24, 2.45) is 0 Å². The van der Waals surface area contributed by atoms with Crippen LogP contribution in [0.1, 0.15) is 11.1 Å². The Morgan fingerprint density at radius 3 is 2.27 bits per heavy atom. The maximum atomic E-state index is 14.0. The van der Waals surface area contributed by atoms with Crippen LogP contribution in [0, 0.1) is 5.82 Å². The van der Waals surface area contributed by atoms with Crippen molar-refractivity contribution in [2.45, 2.75) is 6.42 Å². The van der Waals surface area contributed by atoms with Crippen molar-refractivity contribution >= 4 is 33.0 Å². The van der Waals surface area contributed by atoms with Gasteiger partial charge in [-0.05, 0) is 93.9 Å². The van der Waals surface area contributed by atoms with Gasteiger partial charge < -0.3 is 4.42 Å². The highest BCUT2D eigenvalue weighted by molar-refractivity contribution is 6.10. The monoisotopic (exact) mass is 618 g/mol. The molecule has 0 amide bonds. The first-order valence-electron chi connectivity index (χ1n) is 16.2. The van der Waals surface area contributed by atoms with Gasteiger partial charge in [0.05, 0.1) is 22.3 Å². The number of aromatic nitrogens is 2. The van der Waals surface area contributed by atoms with Crippen LogP contribution in [0.5, 0.6) is 0 Å². The van der Waals surface area contributed by atoms with Crippen LogP contribution in [0.25, 0.3) is 83.4 Å². The molecule has 7 aromatic carbocycles. The third-order valence-corrected chi connectivity index (χ3v) is 9.71. The van der Waals surface area contributed by atoms with Crippen LogP contribution in [0.2, 0.25) is 0 Å². The molecule has 0 saturated heterocycles. The summed E-state index contributed by atoms with van der Waals surface area (Å²) in [5.41, 5.74) is 14.6. The average molecular weight is 619 g/mol. The fourth-order valence-electron chi connectivity index (χ4n) is 7.48. The lowest BCUT2D eigenvalue weighted by Gasteiger charge is -2.15. The van der Waals surface area contributed by atoms with Gasteiger partial charge in [0, 0.05) is 16.3 Å². The highest BCUT2D eigenvalue weighted by atomic mass is 19.1. The number of fused-ring (bicyclic) bond motifs is 7. The number of benzene rings is 7. The van der Waals surface area contributed by atoms with E-state index in [1.54, 1.807) is 12.1 Å². The van der Waals surface area contributed by atoms with Gasteiger partial charge in [-0.15, -0.1) is 0 Å². The molecule has 0 bridgehead atoms. The van der Waals surface area contributed by atoms with Crippen LogP contribution in [0.4, 0.5) is 4.39 Å². The number of hydrogen-bond acceptors (Lipinski definition) is 2. The summed E-state index contributed by atoms with van der Waals surface area (Å²) in [4.78, 5) is 5.21. The zero-order chi connectivity index (χ0) is 31.8. The second-order valence-electron chi connectivity index (χ2n) is 12.5. The van der Waals surface area contributed by atoms with Gasteiger partial charge in [-0.3, -0.25) is 4.57 Å². The lowest BCUT2D eigenvalue weighted by Crippen LogP contribution is -2.00. The Morgan fingerprint density at radius 2 is 1.33 bits per heavy atom. The standard InChI is InChI=1S/C44H27FN2O/c45-32-20-17-30-24-31-23-28(18-21-33(31)38(30)26-32)29-19-22-35-36-12-8-13-37(43(36)48-42(35)25-29)44-46-39-14-5-7-16-41(39)47(44)40-15-6-4-11-34(40)27-9-2-1-3-10-27/h1-23,25-26H,24H2. The van der Waals surface area contributed by atoms with Gasteiger partial charge in [0.2, 0.25) is 0 Å². The van der Waals surface area contributed by atoms with Crippen molar-refractivity contribution < 1.29 is 8.81 Å². The van der Waals surface area contributed by atoms with Gasteiger partial charge in [0.15, 0.2) is 0 Å². The molecule has 0 aliphatic heterocycles. The molecule has 2 heterocycles. The molecule has 3 nitrogen and oxygen atoms in total. The Bertz CT molecular complexity index is 2720. The van der Waals surface area contributed by atoms with Gasteiger partial charge in [-0.1, -0.05) is 103 Å². The van der Waals surface area contributed by atoms with Gasteiger partial charge in [-0.2, -0.15) is 0 Å². The normalized spacial score (nSPS) is 12.2. The molecule has 2 aromatic heterocycles. The molecule has 0 saturated carbocycles. The highest BCUT2D eigenvalue weighted by Crippen LogP contribution is 2.42. The van der Waals surface area contributed by atoms with E-state index in [2.05, 4.69) is 126 Å². The Hall–Kier alpha value is -6.26. The number of furan rings is 1. The minimum absolute atomic E-state index is 0.198. The molecular weight excluding hydrogens is 591 g/mol. The van der Waals surface area contributed by atoms with E-state index in [-0.39, 0.29) is 5.82 Å². The smallest absolute Gasteiger partial charge is 0.149 e. The Balaban J connectivity index is 1.13. The maximum Gasteiger partial charge on any atom is 0.149 e. The van der Waals surface area contributed by atoms with Crippen LogP contribution in [-0.2, 0) is 6.42 Å². The summed E-state index contributed by atoms with van der Waals surface area (Å²) in [5, 5.41) is 2.11. The summed E-state index contributed by atoms with van der Waals surface area (Å²) in [6.07, 6.45) is 0.809. The number of rotatable bonds is 4. The van der Waals surface area contributed by atoms with E-state index < -0.39 is 0 Å². The average Bonchev–Trinajstić information content (AvgIpc) is 3.82. The van der Waals surface area contributed by atoms with Gasteiger partial charge in [0.1, 0.15) is 22.8 Å². The summed E-state index contributed by atoms with van der Waals surface area (Å²) >= 11 is 0. The summed E-state index contributed by atoms with van der Waals surface area (Å²) in [7, 11) is 0. The minimum atomic E-state index is -0.198. The Morgan fingerprint density at radius 1 is 0.542 bits per heavy atom. The van der Waals surface area contributed by atoms with E-state index in [1.807, 2.05) is 18.2 Å². The molecule has 10 rings (SSSR count). The zero-order valence-corrected chi connectivity index (χ0v) is 25.8. The van der Waals surface area contributed by atoms with Gasteiger partial charge in [0.25, 0.3) is 0 Å². The molecule has 0 fully saturated rings. The predicted molar refractivity (Wildman–Crippen MR) is 193 cm³/mol. The number of nitrogens with zero attached hydrogens (tertiary/aromatic N) is 2. The third-order valence-electron chi connectivity index (χ3n) is 9.71. The van der Waals surface area contributed by atoms with Crippen molar-refractivity contribution in [3.05, 3.63) is 169 Å². The van der Waals surface area contributed by atoms with E-state index in [0.717, 1.165) is 89.8 Å². The van der Waals surface area contributed by atoms with Crippen LogP contribution < -0.4 is 0 Å². The van der Waals surface area contributed by atoms with Crippen molar-refractivity contribution in [3.63, 3.8) is 0 Å². The predicted octanol–water partition coefficient (Wildman–Crippen LogP) is 11.6. The topological polar surface area (TPSA) is 31.0 Å². The summed E-state index contributed by atoms with van der Waals surface area (Å²) in [5.74, 6) is 0.635. The molecule has 0 N–H and O–H groups in total. The number of hydrogen-bond donors (Lipinski definition) is 0. The molecule has 0 radical (unpaired) electrons. The summed E-state index contributed by atoms with van der Waals surface area (Å²) < 4.78 is 23.0. The second-order valence-corrected chi connectivity index (χ2v) is 12.5. The van der Waals surface area contributed by atoms with Crippen molar-refractivity contribution in [1.29, 1.82) is 0 Å². The Kier molecular flexibility index (Phi) is 5.82. The zero-order valence-electron chi connectivity index (χ0n) is 25.8. The second kappa shape index (κ2) is 10.4. The molecule has 1 aliphatic rings. The quantitative estimate of drug-likeness (QED) is 0.196. The molecule has 9 aromatic rings. The number of para-hydroxylation sites is 4. The van der Waals surface area contributed by atoms with Crippen LogP contribution in [0.15, 0.2) is 156 Å². The van der Waals surface area contributed by atoms with Gasteiger partial charge >= 0.3 is 0 Å². The van der Waals surface area contributed by atoms with Crippen molar-refractivity contribution in [1.82, 2.24) is 9.55 Å². The first-order chi connectivity index (χ1) is 23.7. The number of halogens is 1. The van der Waals surface area contributed by atoms with E-state index in [4.69, 9.17) is 9.40 Å². The van der Waals surface area contributed by atoms with E-state index in [9.17, 15) is 4.39 Å². The molecule has 0 atom stereocenters.